The number of fused-ring (bicyclic) bond motifs is 1. The van der Waals surface area contributed by atoms with Crippen molar-refractivity contribution in [2.45, 2.75) is 25.1 Å². The first kappa shape index (κ1) is 15.1. The number of benzene rings is 1. The van der Waals surface area contributed by atoms with Gasteiger partial charge in [0, 0.05) is 43.6 Å². The van der Waals surface area contributed by atoms with Crippen LogP contribution >= 0.6 is 0 Å². The summed E-state index contributed by atoms with van der Waals surface area (Å²) < 4.78 is 43.8. The first-order chi connectivity index (χ1) is 10.5. The first-order valence-corrected chi connectivity index (χ1v) is 7.23. The maximum atomic E-state index is 12.8. The summed E-state index contributed by atoms with van der Waals surface area (Å²) in [6.07, 6.45) is -0.950. The van der Waals surface area contributed by atoms with Crippen LogP contribution < -0.4 is 4.90 Å². The van der Waals surface area contributed by atoms with Crippen molar-refractivity contribution >= 4 is 16.6 Å². The molecule has 0 atom stereocenters. The van der Waals surface area contributed by atoms with Crippen molar-refractivity contribution in [2.24, 2.45) is 0 Å². The van der Waals surface area contributed by atoms with Crippen LogP contribution in [0.4, 0.5) is 18.9 Å². The molecule has 2 aromatic rings. The summed E-state index contributed by atoms with van der Waals surface area (Å²) in [5, 5.41) is 0.740. The van der Waals surface area contributed by atoms with E-state index in [0.717, 1.165) is 49.3 Å². The number of anilines is 1. The van der Waals surface area contributed by atoms with Crippen molar-refractivity contribution in [1.29, 1.82) is 0 Å². The minimum Gasteiger partial charge on any atom is -0.381 e. The summed E-state index contributed by atoms with van der Waals surface area (Å²) in [5.41, 5.74) is 0.607. The molecule has 22 heavy (non-hydrogen) atoms. The number of alkyl halides is 3. The molecule has 1 aliphatic rings. The highest BCUT2D eigenvalue weighted by atomic mass is 19.4. The van der Waals surface area contributed by atoms with Crippen molar-refractivity contribution in [3.8, 4) is 0 Å². The quantitative estimate of drug-likeness (QED) is 0.842. The number of rotatable bonds is 2. The predicted octanol–water partition coefficient (Wildman–Crippen LogP) is 3.87. The molecule has 0 amide bonds. The molecule has 0 spiro atoms. The molecular formula is C16H17F3N2O. The molecule has 0 unspecified atom stereocenters. The van der Waals surface area contributed by atoms with Gasteiger partial charge in [-0.3, -0.25) is 4.98 Å². The maximum absolute atomic E-state index is 12.8. The highest BCUT2D eigenvalue weighted by Crippen LogP contribution is 2.34. The molecule has 2 heterocycles. The molecule has 1 aromatic heterocycles. The van der Waals surface area contributed by atoms with Crippen LogP contribution in [-0.4, -0.2) is 31.3 Å². The van der Waals surface area contributed by atoms with Gasteiger partial charge in [0.2, 0.25) is 0 Å². The molecule has 0 N–H and O–H groups in total. The topological polar surface area (TPSA) is 25.4 Å². The Kier molecular flexibility index (Phi) is 3.95. The second-order valence-corrected chi connectivity index (χ2v) is 5.51. The van der Waals surface area contributed by atoms with Crippen LogP contribution in [0.5, 0.6) is 0 Å². The highest BCUT2D eigenvalue weighted by molar-refractivity contribution is 5.92. The van der Waals surface area contributed by atoms with E-state index >= 15 is 0 Å². The summed E-state index contributed by atoms with van der Waals surface area (Å²) in [5.74, 6) is 0. The molecule has 1 fully saturated rings. The fourth-order valence-electron chi connectivity index (χ4n) is 2.89. The number of pyridine rings is 1. The monoisotopic (exact) mass is 310 g/mol. The molecule has 1 aliphatic heterocycles. The first-order valence-electron chi connectivity index (χ1n) is 7.23. The van der Waals surface area contributed by atoms with Crippen LogP contribution in [0.3, 0.4) is 0 Å². The third-order valence-corrected chi connectivity index (χ3v) is 4.17. The zero-order valence-electron chi connectivity index (χ0n) is 12.2. The van der Waals surface area contributed by atoms with Gasteiger partial charge in [0.05, 0.1) is 11.1 Å². The molecule has 118 valence electrons. The lowest BCUT2D eigenvalue weighted by Gasteiger charge is -2.33. The van der Waals surface area contributed by atoms with Crippen molar-refractivity contribution in [2.75, 3.05) is 25.2 Å². The second kappa shape index (κ2) is 5.76. The van der Waals surface area contributed by atoms with Gasteiger partial charge in [0.25, 0.3) is 0 Å². The number of nitrogens with zero attached hydrogens (tertiary/aromatic N) is 2. The molecule has 0 aliphatic carbocycles. The average molecular weight is 310 g/mol. The van der Waals surface area contributed by atoms with Crippen LogP contribution in [0.15, 0.2) is 30.5 Å². The summed E-state index contributed by atoms with van der Waals surface area (Å²) >= 11 is 0. The van der Waals surface area contributed by atoms with Crippen molar-refractivity contribution in [1.82, 2.24) is 4.98 Å². The summed E-state index contributed by atoms with van der Waals surface area (Å²) in [6, 6.07) is 5.92. The molecule has 0 radical (unpaired) electrons. The van der Waals surface area contributed by atoms with Crippen LogP contribution in [0.2, 0.25) is 0 Å². The summed E-state index contributed by atoms with van der Waals surface area (Å²) in [4.78, 5) is 6.22. The van der Waals surface area contributed by atoms with Gasteiger partial charge in [0.1, 0.15) is 0 Å². The van der Waals surface area contributed by atoms with E-state index in [4.69, 9.17) is 4.74 Å². The molecule has 6 heteroatoms. The van der Waals surface area contributed by atoms with Crippen molar-refractivity contribution in [3.05, 3.63) is 36.0 Å². The standard InChI is InChI=1S/C16H17F3N2O/c1-21(12-5-8-22-9-6-12)15-4-7-20-14-10-11(16(17,18)19)2-3-13(14)15/h2-4,7,10,12H,5-6,8-9H2,1H3. The van der Waals surface area contributed by atoms with Gasteiger partial charge in [-0.1, -0.05) is 6.07 Å². The van der Waals surface area contributed by atoms with E-state index in [1.807, 2.05) is 13.1 Å². The number of ether oxygens (including phenoxy) is 1. The Bertz CT molecular complexity index is 666. The minimum absolute atomic E-state index is 0.335. The largest absolute Gasteiger partial charge is 0.416 e. The lowest BCUT2D eigenvalue weighted by Crippen LogP contribution is -2.36. The average Bonchev–Trinajstić information content (AvgIpc) is 2.53. The van der Waals surface area contributed by atoms with Gasteiger partial charge in [-0.05, 0) is 31.0 Å². The molecular weight excluding hydrogens is 293 g/mol. The van der Waals surface area contributed by atoms with Crippen LogP contribution in [0.1, 0.15) is 18.4 Å². The Labute approximate surface area is 126 Å². The van der Waals surface area contributed by atoms with Gasteiger partial charge >= 0.3 is 6.18 Å². The molecule has 0 saturated carbocycles. The Hall–Kier alpha value is -1.82. The molecule has 1 aromatic carbocycles. The van der Waals surface area contributed by atoms with Crippen LogP contribution in [0, 0.1) is 0 Å². The number of aromatic nitrogens is 1. The number of halogens is 3. The zero-order chi connectivity index (χ0) is 15.7. The van der Waals surface area contributed by atoms with Crippen LogP contribution in [-0.2, 0) is 10.9 Å². The Morgan fingerprint density at radius 1 is 1.18 bits per heavy atom. The van der Waals surface area contributed by atoms with Gasteiger partial charge in [-0.15, -0.1) is 0 Å². The molecule has 1 saturated heterocycles. The summed E-state index contributed by atoms with van der Waals surface area (Å²) in [7, 11) is 1.97. The second-order valence-electron chi connectivity index (χ2n) is 5.51. The predicted molar refractivity (Wildman–Crippen MR) is 79.0 cm³/mol. The highest BCUT2D eigenvalue weighted by Gasteiger charge is 2.31. The third-order valence-electron chi connectivity index (χ3n) is 4.17. The van der Waals surface area contributed by atoms with Gasteiger partial charge in [-0.25, -0.2) is 0 Å². The van der Waals surface area contributed by atoms with E-state index in [1.54, 1.807) is 6.20 Å². The van der Waals surface area contributed by atoms with Gasteiger partial charge in [-0.2, -0.15) is 13.2 Å². The Morgan fingerprint density at radius 3 is 2.59 bits per heavy atom. The van der Waals surface area contributed by atoms with E-state index in [1.165, 1.54) is 6.07 Å². The van der Waals surface area contributed by atoms with E-state index in [-0.39, 0.29) is 0 Å². The summed E-state index contributed by atoms with van der Waals surface area (Å²) in [6.45, 7) is 1.44. The van der Waals surface area contributed by atoms with Crippen molar-refractivity contribution < 1.29 is 17.9 Å². The van der Waals surface area contributed by atoms with E-state index in [0.29, 0.717) is 11.6 Å². The smallest absolute Gasteiger partial charge is 0.381 e. The molecule has 0 bridgehead atoms. The molecule has 3 rings (SSSR count). The SMILES string of the molecule is CN(c1ccnc2cc(C(F)(F)F)ccc12)C1CCOCC1. The Balaban J connectivity index is 1.99. The molecule has 3 nitrogen and oxygen atoms in total. The zero-order valence-corrected chi connectivity index (χ0v) is 12.2. The van der Waals surface area contributed by atoms with E-state index in [9.17, 15) is 13.2 Å². The van der Waals surface area contributed by atoms with Crippen LogP contribution in [0.25, 0.3) is 10.9 Å². The van der Waals surface area contributed by atoms with E-state index < -0.39 is 11.7 Å². The Morgan fingerprint density at radius 2 is 1.91 bits per heavy atom. The number of hydrogen-bond donors (Lipinski definition) is 0. The lowest BCUT2D eigenvalue weighted by molar-refractivity contribution is -0.137. The third kappa shape index (κ3) is 2.88. The van der Waals surface area contributed by atoms with E-state index in [2.05, 4.69) is 9.88 Å². The fourth-order valence-corrected chi connectivity index (χ4v) is 2.89. The van der Waals surface area contributed by atoms with Gasteiger partial charge < -0.3 is 9.64 Å². The van der Waals surface area contributed by atoms with Gasteiger partial charge in [0.15, 0.2) is 0 Å². The van der Waals surface area contributed by atoms with Crippen molar-refractivity contribution in [3.63, 3.8) is 0 Å². The minimum atomic E-state index is -4.35. The number of hydrogen-bond acceptors (Lipinski definition) is 3. The fraction of sp³-hybridized carbons (Fsp3) is 0.438. The lowest BCUT2D eigenvalue weighted by atomic mass is 10.0. The normalized spacial score (nSPS) is 16.9. The maximum Gasteiger partial charge on any atom is 0.416 e.